The minimum atomic E-state index is -0.480. The lowest BCUT2D eigenvalue weighted by molar-refractivity contribution is 0.101. The molecule has 2 aromatic rings. The monoisotopic (exact) mass is 266 g/mol. The number of nitrogens with one attached hydrogen (secondary N) is 1. The van der Waals surface area contributed by atoms with Crippen LogP contribution in [0.2, 0.25) is 0 Å². The number of aromatic nitrogens is 1. The predicted octanol–water partition coefficient (Wildman–Crippen LogP) is 2.68. The number of carbonyl (C=O) groups is 1. The van der Waals surface area contributed by atoms with Crippen molar-refractivity contribution in [1.29, 1.82) is 5.26 Å². The van der Waals surface area contributed by atoms with Gasteiger partial charge in [-0.1, -0.05) is 31.2 Å². The van der Waals surface area contributed by atoms with Gasteiger partial charge in [0.25, 0.3) is 5.56 Å². The number of aromatic amines is 1. The Morgan fingerprint density at radius 2 is 1.95 bits per heavy atom. The molecule has 0 unspecified atom stereocenters. The van der Waals surface area contributed by atoms with Crippen molar-refractivity contribution >= 4 is 5.78 Å². The molecule has 1 heterocycles. The summed E-state index contributed by atoms with van der Waals surface area (Å²) in [6.07, 6.45) is 0.920. The quantitative estimate of drug-likeness (QED) is 0.868. The molecule has 0 radical (unpaired) electrons. The first-order valence-electron chi connectivity index (χ1n) is 6.34. The molecule has 100 valence electrons. The molecule has 0 saturated carbocycles. The number of benzene rings is 1. The number of hydrogen-bond acceptors (Lipinski definition) is 3. The van der Waals surface area contributed by atoms with E-state index in [9.17, 15) is 9.59 Å². The van der Waals surface area contributed by atoms with Crippen LogP contribution in [0.1, 0.15) is 35.3 Å². The number of pyridine rings is 1. The molecule has 0 spiro atoms. The lowest BCUT2D eigenvalue weighted by Crippen LogP contribution is -2.14. The first-order chi connectivity index (χ1) is 9.56. The molecule has 2 rings (SSSR count). The Morgan fingerprint density at radius 3 is 2.45 bits per heavy atom. The number of ketones is 1. The van der Waals surface area contributed by atoms with Crippen molar-refractivity contribution in [2.75, 3.05) is 0 Å². The zero-order chi connectivity index (χ0) is 14.7. The molecule has 0 aliphatic heterocycles. The number of nitriles is 1. The van der Waals surface area contributed by atoms with Gasteiger partial charge in [0, 0.05) is 5.56 Å². The van der Waals surface area contributed by atoms with Crippen molar-refractivity contribution in [1.82, 2.24) is 4.98 Å². The summed E-state index contributed by atoms with van der Waals surface area (Å²) in [6.45, 7) is 3.47. The van der Waals surface area contributed by atoms with Crippen LogP contribution in [-0.4, -0.2) is 10.8 Å². The molecule has 1 aromatic heterocycles. The van der Waals surface area contributed by atoms with E-state index >= 15 is 0 Å². The summed E-state index contributed by atoms with van der Waals surface area (Å²) >= 11 is 0. The van der Waals surface area contributed by atoms with Crippen LogP contribution in [0.3, 0.4) is 0 Å². The second kappa shape index (κ2) is 5.54. The molecule has 0 aliphatic carbocycles. The average Bonchev–Trinajstić information content (AvgIpc) is 2.46. The van der Waals surface area contributed by atoms with E-state index in [-0.39, 0.29) is 11.3 Å². The third-order valence-electron chi connectivity index (χ3n) is 3.19. The molecule has 0 aliphatic rings. The van der Waals surface area contributed by atoms with Crippen LogP contribution in [-0.2, 0) is 6.42 Å². The van der Waals surface area contributed by atoms with Crippen molar-refractivity contribution in [3.63, 3.8) is 0 Å². The number of aryl methyl sites for hydroxylation is 1. The third kappa shape index (κ3) is 2.52. The van der Waals surface area contributed by atoms with Gasteiger partial charge in [-0.15, -0.1) is 0 Å². The predicted molar refractivity (Wildman–Crippen MR) is 76.6 cm³/mol. The van der Waals surface area contributed by atoms with Crippen LogP contribution >= 0.6 is 0 Å². The summed E-state index contributed by atoms with van der Waals surface area (Å²) in [4.78, 5) is 26.1. The molecule has 4 nitrogen and oxygen atoms in total. The van der Waals surface area contributed by atoms with E-state index in [0.717, 1.165) is 12.0 Å². The van der Waals surface area contributed by atoms with Gasteiger partial charge in [-0.2, -0.15) is 5.26 Å². The lowest BCUT2D eigenvalue weighted by Gasteiger charge is -2.08. The first kappa shape index (κ1) is 13.8. The van der Waals surface area contributed by atoms with E-state index in [1.165, 1.54) is 18.6 Å². The van der Waals surface area contributed by atoms with Crippen LogP contribution in [0.4, 0.5) is 0 Å². The highest BCUT2D eigenvalue weighted by atomic mass is 16.1. The molecule has 1 aromatic carbocycles. The zero-order valence-electron chi connectivity index (χ0n) is 11.4. The molecule has 4 heteroatoms. The first-order valence-corrected chi connectivity index (χ1v) is 6.34. The number of nitrogens with zero attached hydrogens (tertiary/aromatic N) is 1. The van der Waals surface area contributed by atoms with Gasteiger partial charge in [0.05, 0.1) is 5.69 Å². The van der Waals surface area contributed by atoms with Crippen molar-refractivity contribution < 1.29 is 4.79 Å². The second-order valence-electron chi connectivity index (χ2n) is 4.52. The van der Waals surface area contributed by atoms with Crippen molar-refractivity contribution in [2.24, 2.45) is 0 Å². The smallest absolute Gasteiger partial charge is 0.266 e. The molecule has 0 bridgehead atoms. The minimum absolute atomic E-state index is 0.0517. The van der Waals surface area contributed by atoms with Gasteiger partial charge in [-0.3, -0.25) is 9.59 Å². The van der Waals surface area contributed by atoms with E-state index in [1.54, 1.807) is 6.07 Å². The minimum Gasteiger partial charge on any atom is -0.320 e. The van der Waals surface area contributed by atoms with Crippen LogP contribution in [0.25, 0.3) is 11.3 Å². The van der Waals surface area contributed by atoms with Crippen molar-refractivity contribution in [3.8, 4) is 17.3 Å². The molecule has 1 N–H and O–H groups in total. The molecular formula is C16H14N2O2. The maximum Gasteiger partial charge on any atom is 0.266 e. The largest absolute Gasteiger partial charge is 0.320 e. The van der Waals surface area contributed by atoms with E-state index in [4.69, 9.17) is 5.26 Å². The number of Topliss-reactive ketones (excluding diaryl/α,β-unsaturated/α-hetero) is 1. The molecule has 0 amide bonds. The standard InChI is InChI=1S/C16H14N2O2/c1-3-11-4-6-12(7-5-11)15-14(10(2)19)8-13(9-17)16(20)18-15/h4-8H,3H2,1-2H3,(H,18,20). The zero-order valence-corrected chi connectivity index (χ0v) is 11.4. The van der Waals surface area contributed by atoms with Gasteiger partial charge >= 0.3 is 0 Å². The van der Waals surface area contributed by atoms with Crippen LogP contribution in [0.5, 0.6) is 0 Å². The Bertz CT molecular complexity index is 750. The number of hydrogen-bond donors (Lipinski definition) is 1. The lowest BCUT2D eigenvalue weighted by atomic mass is 10.0. The molecular weight excluding hydrogens is 252 g/mol. The third-order valence-corrected chi connectivity index (χ3v) is 3.19. The van der Waals surface area contributed by atoms with Gasteiger partial charge in [0.2, 0.25) is 0 Å². The summed E-state index contributed by atoms with van der Waals surface area (Å²) < 4.78 is 0. The SMILES string of the molecule is CCc1ccc(-c2[nH]c(=O)c(C#N)cc2C(C)=O)cc1. The Labute approximate surface area is 116 Å². The summed E-state index contributed by atoms with van der Waals surface area (Å²) in [7, 11) is 0. The van der Waals surface area contributed by atoms with Crippen LogP contribution < -0.4 is 5.56 Å². The van der Waals surface area contributed by atoms with Gasteiger partial charge in [0.1, 0.15) is 11.6 Å². The molecule has 0 atom stereocenters. The van der Waals surface area contributed by atoms with E-state index in [2.05, 4.69) is 11.9 Å². The topological polar surface area (TPSA) is 73.7 Å². The summed E-state index contributed by atoms with van der Waals surface area (Å²) in [5, 5.41) is 8.87. The Kier molecular flexibility index (Phi) is 3.81. The van der Waals surface area contributed by atoms with Gasteiger partial charge in [-0.05, 0) is 30.5 Å². The van der Waals surface area contributed by atoms with Crippen molar-refractivity contribution in [3.05, 3.63) is 57.4 Å². The second-order valence-corrected chi connectivity index (χ2v) is 4.52. The number of carbonyl (C=O) groups excluding carboxylic acids is 1. The van der Waals surface area contributed by atoms with Gasteiger partial charge in [-0.25, -0.2) is 0 Å². The Morgan fingerprint density at radius 1 is 1.30 bits per heavy atom. The van der Waals surface area contributed by atoms with E-state index < -0.39 is 5.56 Å². The normalized spacial score (nSPS) is 10.1. The number of rotatable bonds is 3. The maximum atomic E-state index is 11.8. The van der Waals surface area contributed by atoms with Crippen LogP contribution in [0, 0.1) is 11.3 Å². The highest BCUT2D eigenvalue weighted by molar-refractivity contribution is 6.00. The fourth-order valence-corrected chi connectivity index (χ4v) is 2.03. The Balaban J connectivity index is 2.66. The molecule has 20 heavy (non-hydrogen) atoms. The van der Waals surface area contributed by atoms with E-state index in [1.807, 2.05) is 24.3 Å². The van der Waals surface area contributed by atoms with Crippen LogP contribution in [0.15, 0.2) is 35.1 Å². The molecule has 0 saturated heterocycles. The summed E-state index contributed by atoms with van der Waals surface area (Å²) in [5.41, 5.74) is 2.22. The summed E-state index contributed by atoms with van der Waals surface area (Å²) in [5.74, 6) is -0.188. The Hall–Kier alpha value is -2.67. The fraction of sp³-hybridized carbons (Fsp3) is 0.188. The van der Waals surface area contributed by atoms with Gasteiger partial charge < -0.3 is 4.98 Å². The average molecular weight is 266 g/mol. The highest BCUT2D eigenvalue weighted by Gasteiger charge is 2.13. The van der Waals surface area contributed by atoms with E-state index in [0.29, 0.717) is 11.3 Å². The van der Waals surface area contributed by atoms with Crippen molar-refractivity contribution in [2.45, 2.75) is 20.3 Å². The fourth-order valence-electron chi connectivity index (χ4n) is 2.03. The summed E-state index contributed by atoms with van der Waals surface area (Å²) in [6, 6.07) is 10.8. The maximum absolute atomic E-state index is 11.8. The van der Waals surface area contributed by atoms with Gasteiger partial charge in [0.15, 0.2) is 5.78 Å². The highest BCUT2D eigenvalue weighted by Crippen LogP contribution is 2.22. The number of H-pyrrole nitrogens is 1. The molecule has 0 fully saturated rings.